The van der Waals surface area contributed by atoms with Crippen molar-refractivity contribution in [2.75, 3.05) is 4.90 Å². The number of aromatic nitrogens is 1. The third-order valence-corrected chi connectivity index (χ3v) is 20.4. The SMILES string of the molecule is c1ccc(-n2c3ccccc3c3cc(N(c4ccc5c(c4)-c4ccccc4[C@]54[C@@H]5CC6C[C@@H]7C[C@H]4C675)c4ccc5c(c4)-c4ccccc4[C@]54[C@H]5CC6C[C@H](C5)C[C@H]4C6)ccc32)cc1. The maximum absolute atomic E-state index is 2.62. The van der Waals surface area contributed by atoms with E-state index < -0.39 is 0 Å². The number of hydrogen-bond acceptors (Lipinski definition) is 1. The zero-order chi connectivity index (χ0) is 40.6. The second-order valence-corrected chi connectivity index (χ2v) is 22.0. The van der Waals surface area contributed by atoms with E-state index in [1.54, 1.807) is 22.3 Å². The molecule has 4 bridgehead atoms. The van der Waals surface area contributed by atoms with Gasteiger partial charge in [0.05, 0.1) is 11.0 Å². The molecule has 10 aliphatic carbocycles. The van der Waals surface area contributed by atoms with Gasteiger partial charge in [-0.1, -0.05) is 97.1 Å². The Kier molecular flexibility index (Phi) is 5.92. The van der Waals surface area contributed by atoms with Gasteiger partial charge in [0, 0.05) is 44.4 Å². The lowest BCUT2D eigenvalue weighted by Crippen LogP contribution is -2.88. The second-order valence-electron chi connectivity index (χ2n) is 22.0. The topological polar surface area (TPSA) is 8.17 Å². The van der Waals surface area contributed by atoms with E-state index in [1.807, 2.05) is 0 Å². The first-order valence-electron chi connectivity index (χ1n) is 24.5. The van der Waals surface area contributed by atoms with E-state index in [0.29, 0.717) is 5.41 Å². The van der Waals surface area contributed by atoms with Crippen molar-refractivity contribution in [1.82, 2.24) is 4.57 Å². The number of anilines is 3. The van der Waals surface area contributed by atoms with Crippen LogP contribution in [0, 0.1) is 52.8 Å². The van der Waals surface area contributed by atoms with E-state index >= 15 is 0 Å². The first-order chi connectivity index (χ1) is 31.2. The summed E-state index contributed by atoms with van der Waals surface area (Å²) in [6.45, 7) is 0. The third kappa shape index (κ3) is 3.59. The molecule has 7 aromatic carbocycles. The quantitative estimate of drug-likeness (QED) is 0.172. The van der Waals surface area contributed by atoms with Crippen molar-refractivity contribution in [3.8, 4) is 27.9 Å². The number of nitrogens with zero attached hydrogens (tertiary/aromatic N) is 2. The van der Waals surface area contributed by atoms with Crippen molar-refractivity contribution in [3.05, 3.63) is 180 Å². The molecule has 1 heterocycles. The van der Waals surface area contributed by atoms with Crippen molar-refractivity contribution in [2.24, 2.45) is 52.8 Å². The Morgan fingerprint density at radius 3 is 1.57 bits per heavy atom. The van der Waals surface area contributed by atoms with Gasteiger partial charge < -0.3 is 9.47 Å². The van der Waals surface area contributed by atoms with Gasteiger partial charge in [0.25, 0.3) is 0 Å². The number of hydrogen-bond donors (Lipinski definition) is 0. The lowest BCUT2D eigenvalue weighted by molar-refractivity contribution is -0.412. The molecule has 1 aromatic heterocycles. The highest BCUT2D eigenvalue weighted by Crippen LogP contribution is 2.95. The molecule has 0 radical (unpaired) electrons. The summed E-state index contributed by atoms with van der Waals surface area (Å²) in [6, 6.07) is 61.9. The fourth-order valence-electron chi connectivity index (χ4n) is 18.8. The van der Waals surface area contributed by atoms with Crippen LogP contribution in [0.5, 0.6) is 0 Å². The largest absolute Gasteiger partial charge is 0.310 e. The average molecular weight is 811 g/mol. The van der Waals surface area contributed by atoms with Gasteiger partial charge in [-0.05, 0) is 209 Å². The molecule has 2 unspecified atom stereocenters. The van der Waals surface area contributed by atoms with Gasteiger partial charge in [0.2, 0.25) is 0 Å². The van der Waals surface area contributed by atoms with Gasteiger partial charge in [0.15, 0.2) is 0 Å². The third-order valence-electron chi connectivity index (χ3n) is 20.4. The maximum atomic E-state index is 2.62. The standard InChI is InChI=1S/C61H50N2/c1-2-10-41(11-3-1)63-55-17-9-6-14-47(55)50-34-44(20-23-56(50)63)62(42-18-21-53-48(32-42)45-12-4-7-15-51(45)59(53)37-25-35-24-36(27-37)28-38(59)26-35)43-19-22-54-49(33-43)46-13-5-8-16-52(46)61(54)57-30-39-29-40-31-58(61)60(39,40)57/h1-23,32-40,57-58H,24-31H2/t35-,36?,37-,38+,39-,40?,57+,58-,59-,60?,61+/m1/s1. The number of fused-ring (bicyclic) bond motifs is 13. The molecule has 63 heavy (non-hydrogen) atoms. The fraction of sp³-hybridized carbons (Fsp3) is 0.311. The van der Waals surface area contributed by atoms with Crippen LogP contribution in [0.4, 0.5) is 17.1 Å². The summed E-state index contributed by atoms with van der Waals surface area (Å²) in [4.78, 5) is 2.62. The van der Waals surface area contributed by atoms with E-state index in [9.17, 15) is 0 Å². The predicted molar refractivity (Wildman–Crippen MR) is 255 cm³/mol. The zero-order valence-corrected chi connectivity index (χ0v) is 35.7. The first-order valence-corrected chi connectivity index (χ1v) is 24.5. The predicted octanol–water partition coefficient (Wildman–Crippen LogP) is 14.9. The summed E-state index contributed by atoms with van der Waals surface area (Å²) < 4.78 is 2.45. The Hall–Kier alpha value is -5.86. The molecule has 18 rings (SSSR count). The number of rotatable bonds is 4. The Morgan fingerprint density at radius 2 is 0.905 bits per heavy atom. The van der Waals surface area contributed by atoms with Gasteiger partial charge >= 0.3 is 0 Å². The monoisotopic (exact) mass is 810 g/mol. The fourth-order valence-corrected chi connectivity index (χ4v) is 18.8. The zero-order valence-electron chi connectivity index (χ0n) is 35.7. The number of para-hydroxylation sites is 2. The van der Waals surface area contributed by atoms with E-state index in [-0.39, 0.29) is 10.8 Å². The van der Waals surface area contributed by atoms with E-state index in [2.05, 4.69) is 167 Å². The van der Waals surface area contributed by atoms with Crippen LogP contribution >= 0.6 is 0 Å². The van der Waals surface area contributed by atoms with Crippen LogP contribution in [0.1, 0.15) is 73.6 Å². The van der Waals surface area contributed by atoms with Crippen LogP contribution in [0.2, 0.25) is 0 Å². The van der Waals surface area contributed by atoms with Crippen LogP contribution in [0.3, 0.4) is 0 Å². The lowest BCUT2D eigenvalue weighted by Gasteiger charge is -2.92. The summed E-state index contributed by atoms with van der Waals surface area (Å²) in [5.41, 5.74) is 21.0. The highest BCUT2D eigenvalue weighted by Gasteiger charge is 2.90. The summed E-state index contributed by atoms with van der Waals surface area (Å²) in [5.74, 6) is 7.06. The molecule has 0 N–H and O–H groups in total. The smallest absolute Gasteiger partial charge is 0.0542 e. The van der Waals surface area contributed by atoms with Crippen LogP contribution < -0.4 is 4.90 Å². The number of benzene rings is 7. The van der Waals surface area contributed by atoms with Crippen molar-refractivity contribution in [3.63, 3.8) is 0 Å². The molecule has 0 aliphatic heterocycles. The van der Waals surface area contributed by atoms with E-state index in [4.69, 9.17) is 0 Å². The van der Waals surface area contributed by atoms with E-state index in [1.165, 1.54) is 118 Å². The summed E-state index contributed by atoms with van der Waals surface area (Å²) in [6.07, 6.45) is 11.5. The Morgan fingerprint density at radius 1 is 0.381 bits per heavy atom. The normalized spacial score (nSPS) is 34.3. The summed E-state index contributed by atoms with van der Waals surface area (Å²) in [7, 11) is 0. The van der Waals surface area contributed by atoms with Crippen molar-refractivity contribution in [2.45, 2.75) is 62.2 Å². The van der Waals surface area contributed by atoms with Crippen molar-refractivity contribution in [1.29, 1.82) is 0 Å². The van der Waals surface area contributed by atoms with Gasteiger partial charge in [-0.15, -0.1) is 0 Å². The van der Waals surface area contributed by atoms with Gasteiger partial charge in [0.1, 0.15) is 0 Å². The molecule has 10 aliphatic rings. The van der Waals surface area contributed by atoms with Crippen LogP contribution in [-0.4, -0.2) is 4.57 Å². The Bertz CT molecular complexity index is 3300. The lowest BCUT2D eigenvalue weighted by atomic mass is 9.11. The minimum Gasteiger partial charge on any atom is -0.310 e. The molecule has 0 amide bonds. The molecule has 304 valence electrons. The average Bonchev–Trinajstić information content (AvgIpc) is 3.90. The summed E-state index contributed by atoms with van der Waals surface area (Å²) in [5, 5.41) is 2.59. The van der Waals surface area contributed by atoms with Gasteiger partial charge in [-0.25, -0.2) is 0 Å². The van der Waals surface area contributed by atoms with Crippen molar-refractivity contribution < 1.29 is 0 Å². The molecular weight excluding hydrogens is 761 g/mol. The highest BCUT2D eigenvalue weighted by molar-refractivity contribution is 6.11. The molecule has 6 atom stereocenters. The Balaban J connectivity index is 0.887. The summed E-state index contributed by atoms with van der Waals surface area (Å²) >= 11 is 0. The Labute approximate surface area is 369 Å². The van der Waals surface area contributed by atoms with Crippen LogP contribution in [-0.2, 0) is 10.8 Å². The molecule has 3 spiro atoms. The van der Waals surface area contributed by atoms with Crippen LogP contribution in [0.15, 0.2) is 158 Å². The molecule has 2 heteroatoms. The van der Waals surface area contributed by atoms with Crippen LogP contribution in [0.25, 0.3) is 49.7 Å². The minimum absolute atomic E-state index is 0.161. The molecule has 2 nitrogen and oxygen atoms in total. The molecular formula is C61H50N2. The second kappa shape index (κ2) is 11.1. The highest BCUT2D eigenvalue weighted by atomic mass is 15.1. The van der Waals surface area contributed by atoms with Gasteiger partial charge in [-0.3, -0.25) is 0 Å². The van der Waals surface area contributed by atoms with E-state index in [0.717, 1.165) is 47.3 Å². The van der Waals surface area contributed by atoms with Crippen molar-refractivity contribution >= 4 is 38.9 Å². The van der Waals surface area contributed by atoms with Gasteiger partial charge in [-0.2, -0.15) is 0 Å². The molecule has 8 saturated carbocycles. The minimum atomic E-state index is 0.161. The maximum Gasteiger partial charge on any atom is 0.0542 e. The molecule has 8 fully saturated rings. The molecule has 8 aromatic rings. The molecule has 0 saturated heterocycles. The first kappa shape index (κ1) is 33.7.